The standard InChI is InChI=1S/C16H24N4O/c1-2-18-13-14-3-4-16(15(11-14)12-17)20-7-5-19(6-8-20)9-10-21/h3-4,11,18,21H,2,5-10,13H2,1H3. The van der Waals surface area contributed by atoms with E-state index < -0.39 is 0 Å². The first-order chi connectivity index (χ1) is 10.3. The third kappa shape index (κ3) is 4.18. The van der Waals surface area contributed by atoms with Crippen molar-refractivity contribution in [3.05, 3.63) is 29.3 Å². The Hall–Kier alpha value is -1.61. The number of hydrogen-bond donors (Lipinski definition) is 2. The van der Waals surface area contributed by atoms with Gasteiger partial charge in [-0.1, -0.05) is 13.0 Å². The van der Waals surface area contributed by atoms with Crippen molar-refractivity contribution in [2.45, 2.75) is 13.5 Å². The number of aliphatic hydroxyl groups is 1. The van der Waals surface area contributed by atoms with Crippen LogP contribution < -0.4 is 10.2 Å². The molecule has 0 amide bonds. The predicted octanol–water partition coefficient (Wildman–Crippen LogP) is 0.782. The maximum atomic E-state index is 9.39. The van der Waals surface area contributed by atoms with Gasteiger partial charge in [-0.05, 0) is 24.2 Å². The van der Waals surface area contributed by atoms with Gasteiger partial charge in [-0.15, -0.1) is 0 Å². The molecule has 0 atom stereocenters. The lowest BCUT2D eigenvalue weighted by Crippen LogP contribution is -2.47. The quantitative estimate of drug-likeness (QED) is 0.810. The van der Waals surface area contributed by atoms with Gasteiger partial charge in [-0.2, -0.15) is 5.26 Å². The average molecular weight is 288 g/mol. The molecule has 1 saturated heterocycles. The van der Waals surface area contributed by atoms with Gasteiger partial charge in [0.2, 0.25) is 0 Å². The van der Waals surface area contributed by atoms with Crippen LogP contribution in [0.2, 0.25) is 0 Å². The molecule has 1 aromatic rings. The first-order valence-corrected chi connectivity index (χ1v) is 7.60. The van der Waals surface area contributed by atoms with Gasteiger partial charge in [-0.3, -0.25) is 4.90 Å². The summed E-state index contributed by atoms with van der Waals surface area (Å²) in [5, 5.41) is 21.7. The number of piperazine rings is 1. The highest BCUT2D eigenvalue weighted by atomic mass is 16.3. The summed E-state index contributed by atoms with van der Waals surface area (Å²) in [6.45, 7) is 8.43. The molecular weight excluding hydrogens is 264 g/mol. The smallest absolute Gasteiger partial charge is 0.101 e. The number of nitrogens with one attached hydrogen (secondary N) is 1. The Morgan fingerprint density at radius 3 is 2.67 bits per heavy atom. The molecule has 0 radical (unpaired) electrons. The van der Waals surface area contributed by atoms with Crippen LogP contribution >= 0.6 is 0 Å². The van der Waals surface area contributed by atoms with Crippen LogP contribution in [0.4, 0.5) is 5.69 Å². The number of anilines is 1. The summed E-state index contributed by atoms with van der Waals surface area (Å²) in [5.41, 5.74) is 2.93. The highest BCUT2D eigenvalue weighted by molar-refractivity contribution is 5.60. The fraction of sp³-hybridized carbons (Fsp3) is 0.562. The van der Waals surface area contributed by atoms with Crippen LogP contribution in [0.1, 0.15) is 18.1 Å². The molecule has 5 nitrogen and oxygen atoms in total. The molecule has 0 aliphatic carbocycles. The number of nitriles is 1. The molecule has 1 fully saturated rings. The Morgan fingerprint density at radius 1 is 1.29 bits per heavy atom. The van der Waals surface area contributed by atoms with E-state index >= 15 is 0 Å². The Bertz CT molecular complexity index is 490. The molecule has 5 heteroatoms. The molecule has 0 unspecified atom stereocenters. The van der Waals surface area contributed by atoms with Gasteiger partial charge < -0.3 is 15.3 Å². The second-order valence-corrected chi connectivity index (χ2v) is 5.30. The minimum atomic E-state index is 0.211. The molecule has 0 spiro atoms. The van der Waals surface area contributed by atoms with Gasteiger partial charge in [0.1, 0.15) is 6.07 Å². The van der Waals surface area contributed by atoms with Crippen molar-refractivity contribution in [2.24, 2.45) is 0 Å². The Kier molecular flexibility index (Phi) is 6.00. The van der Waals surface area contributed by atoms with E-state index in [4.69, 9.17) is 5.11 Å². The van der Waals surface area contributed by atoms with Crippen LogP contribution in [0.3, 0.4) is 0 Å². The molecule has 0 bridgehead atoms. The maximum absolute atomic E-state index is 9.39. The molecule has 1 aliphatic heterocycles. The molecule has 1 aliphatic rings. The van der Waals surface area contributed by atoms with Crippen LogP contribution in [-0.4, -0.2) is 55.9 Å². The Morgan fingerprint density at radius 2 is 2.05 bits per heavy atom. The van der Waals surface area contributed by atoms with E-state index in [0.29, 0.717) is 0 Å². The molecule has 2 rings (SSSR count). The first-order valence-electron chi connectivity index (χ1n) is 7.60. The zero-order valence-electron chi connectivity index (χ0n) is 12.7. The Balaban J connectivity index is 2.05. The molecule has 114 valence electrons. The topological polar surface area (TPSA) is 62.5 Å². The molecule has 21 heavy (non-hydrogen) atoms. The minimum Gasteiger partial charge on any atom is -0.395 e. The van der Waals surface area contributed by atoms with Gasteiger partial charge in [0, 0.05) is 39.3 Å². The number of benzene rings is 1. The molecule has 0 aromatic heterocycles. The third-order valence-electron chi connectivity index (χ3n) is 3.89. The molecule has 0 saturated carbocycles. The summed E-state index contributed by atoms with van der Waals surface area (Å²) >= 11 is 0. The van der Waals surface area contributed by atoms with Crippen LogP contribution in [0.15, 0.2) is 18.2 Å². The zero-order valence-corrected chi connectivity index (χ0v) is 12.7. The third-order valence-corrected chi connectivity index (χ3v) is 3.89. The summed E-state index contributed by atoms with van der Waals surface area (Å²) in [6, 6.07) is 8.47. The summed E-state index contributed by atoms with van der Waals surface area (Å²) in [7, 11) is 0. The van der Waals surface area contributed by atoms with Gasteiger partial charge in [0.05, 0.1) is 17.9 Å². The van der Waals surface area contributed by atoms with Crippen LogP contribution in [0, 0.1) is 11.3 Å². The van der Waals surface area contributed by atoms with Crippen molar-refractivity contribution in [1.82, 2.24) is 10.2 Å². The molecule has 1 aromatic carbocycles. The summed E-state index contributed by atoms with van der Waals surface area (Å²) < 4.78 is 0. The number of aliphatic hydroxyl groups excluding tert-OH is 1. The largest absolute Gasteiger partial charge is 0.395 e. The van der Waals surface area contributed by atoms with Crippen molar-refractivity contribution in [3.63, 3.8) is 0 Å². The van der Waals surface area contributed by atoms with Crippen molar-refractivity contribution in [1.29, 1.82) is 5.26 Å². The monoisotopic (exact) mass is 288 g/mol. The SMILES string of the molecule is CCNCc1ccc(N2CCN(CCO)CC2)c(C#N)c1. The predicted molar refractivity (Wildman–Crippen MR) is 84.3 cm³/mol. The van der Waals surface area contributed by atoms with Gasteiger partial charge in [-0.25, -0.2) is 0 Å². The van der Waals surface area contributed by atoms with Crippen molar-refractivity contribution >= 4 is 5.69 Å². The van der Waals surface area contributed by atoms with E-state index in [-0.39, 0.29) is 6.61 Å². The van der Waals surface area contributed by atoms with E-state index in [2.05, 4.69) is 40.2 Å². The lowest BCUT2D eigenvalue weighted by atomic mass is 10.1. The van der Waals surface area contributed by atoms with Crippen LogP contribution in [0.5, 0.6) is 0 Å². The van der Waals surface area contributed by atoms with Crippen molar-refractivity contribution in [2.75, 3.05) is 50.8 Å². The van der Waals surface area contributed by atoms with Gasteiger partial charge >= 0.3 is 0 Å². The van der Waals surface area contributed by atoms with Crippen molar-refractivity contribution in [3.8, 4) is 6.07 Å². The molecule has 1 heterocycles. The second-order valence-electron chi connectivity index (χ2n) is 5.30. The number of β-amino-alcohol motifs (C(OH)–C–C–N with tert-alkyl or cyclic N) is 1. The first kappa shape index (κ1) is 15.8. The maximum Gasteiger partial charge on any atom is 0.101 e. The van der Waals surface area contributed by atoms with Crippen LogP contribution in [0.25, 0.3) is 0 Å². The van der Waals surface area contributed by atoms with E-state index in [1.165, 1.54) is 0 Å². The van der Waals surface area contributed by atoms with Gasteiger partial charge in [0.15, 0.2) is 0 Å². The van der Waals surface area contributed by atoms with E-state index in [0.717, 1.165) is 62.6 Å². The zero-order chi connectivity index (χ0) is 15.1. The average Bonchev–Trinajstić information content (AvgIpc) is 2.54. The lowest BCUT2D eigenvalue weighted by Gasteiger charge is -2.36. The fourth-order valence-electron chi connectivity index (χ4n) is 2.68. The highest BCUT2D eigenvalue weighted by Crippen LogP contribution is 2.23. The minimum absolute atomic E-state index is 0.211. The lowest BCUT2D eigenvalue weighted by molar-refractivity contribution is 0.189. The summed E-state index contributed by atoms with van der Waals surface area (Å²) in [6.07, 6.45) is 0. The van der Waals surface area contributed by atoms with Crippen molar-refractivity contribution < 1.29 is 5.11 Å². The summed E-state index contributed by atoms with van der Waals surface area (Å²) in [5.74, 6) is 0. The second kappa shape index (κ2) is 7.99. The van der Waals surface area contributed by atoms with E-state index in [9.17, 15) is 5.26 Å². The Labute approximate surface area is 126 Å². The number of nitrogens with zero attached hydrogens (tertiary/aromatic N) is 3. The van der Waals surface area contributed by atoms with E-state index in [1.807, 2.05) is 6.07 Å². The number of hydrogen-bond acceptors (Lipinski definition) is 5. The number of rotatable bonds is 6. The normalized spacial score (nSPS) is 16.0. The fourth-order valence-corrected chi connectivity index (χ4v) is 2.68. The van der Waals surface area contributed by atoms with E-state index in [1.54, 1.807) is 0 Å². The summed E-state index contributed by atoms with van der Waals surface area (Å²) in [4.78, 5) is 4.52. The highest BCUT2D eigenvalue weighted by Gasteiger charge is 2.18. The van der Waals surface area contributed by atoms with Crippen LogP contribution in [-0.2, 0) is 6.54 Å². The molecule has 2 N–H and O–H groups in total. The van der Waals surface area contributed by atoms with Gasteiger partial charge in [0.25, 0.3) is 0 Å². The molecular formula is C16H24N4O.